The Morgan fingerprint density at radius 2 is 2.32 bits per heavy atom. The lowest BCUT2D eigenvalue weighted by atomic mass is 10.1. The Balaban J connectivity index is 1.95. The molecule has 0 aliphatic carbocycles. The van der Waals surface area contributed by atoms with Gasteiger partial charge in [-0.25, -0.2) is 9.37 Å². The van der Waals surface area contributed by atoms with E-state index in [-0.39, 0.29) is 17.5 Å². The molecule has 2 heterocycles. The van der Waals surface area contributed by atoms with Crippen molar-refractivity contribution in [2.24, 2.45) is 7.05 Å². The highest BCUT2D eigenvalue weighted by Crippen LogP contribution is 2.25. The number of benzene rings is 1. The van der Waals surface area contributed by atoms with Crippen LogP contribution in [0.3, 0.4) is 0 Å². The summed E-state index contributed by atoms with van der Waals surface area (Å²) in [6, 6.07) is 4.20. The zero-order valence-corrected chi connectivity index (χ0v) is 13.7. The van der Waals surface area contributed by atoms with Crippen LogP contribution in [-0.2, 0) is 7.05 Å². The smallest absolute Gasteiger partial charge is 0.257 e. The van der Waals surface area contributed by atoms with E-state index >= 15 is 0 Å². The van der Waals surface area contributed by atoms with Crippen LogP contribution >= 0.6 is 15.9 Å². The van der Waals surface area contributed by atoms with E-state index in [2.05, 4.69) is 26.2 Å². The first-order chi connectivity index (χ1) is 10.6. The lowest BCUT2D eigenvalue weighted by molar-refractivity contribution is 0.0616. The maximum Gasteiger partial charge on any atom is 0.257 e. The van der Waals surface area contributed by atoms with E-state index in [0.717, 1.165) is 5.82 Å². The summed E-state index contributed by atoms with van der Waals surface area (Å²) in [7, 11) is 1.89. The fourth-order valence-corrected chi connectivity index (χ4v) is 3.05. The maximum atomic E-state index is 14.0. The van der Waals surface area contributed by atoms with Crippen LogP contribution in [0, 0.1) is 5.82 Å². The molecule has 1 atom stereocenters. The number of halogens is 2. The highest BCUT2D eigenvalue weighted by atomic mass is 79.9. The first-order valence-electron chi connectivity index (χ1n) is 7.02. The number of nitrogens with one attached hydrogen (secondary N) is 1. The second-order valence-corrected chi connectivity index (χ2v) is 6.15. The molecule has 116 valence electrons. The van der Waals surface area contributed by atoms with Crippen LogP contribution < -0.4 is 5.32 Å². The zero-order chi connectivity index (χ0) is 15.7. The molecule has 3 rings (SSSR count). The van der Waals surface area contributed by atoms with Crippen molar-refractivity contribution >= 4 is 21.8 Å². The number of aromatic nitrogens is 2. The third-order valence-electron chi connectivity index (χ3n) is 3.82. The third kappa shape index (κ3) is 2.78. The number of aryl methyl sites for hydroxylation is 1. The van der Waals surface area contributed by atoms with E-state index in [4.69, 9.17) is 0 Å². The number of rotatable bonds is 2. The normalized spacial score (nSPS) is 18.5. The minimum absolute atomic E-state index is 0.0792. The first-order valence-corrected chi connectivity index (χ1v) is 7.81. The van der Waals surface area contributed by atoms with Gasteiger partial charge in [0.25, 0.3) is 5.91 Å². The average molecular weight is 367 g/mol. The summed E-state index contributed by atoms with van der Waals surface area (Å²) in [6.07, 6.45) is 3.54. The second-order valence-electron chi connectivity index (χ2n) is 5.24. The molecule has 1 fully saturated rings. The molecule has 0 spiro atoms. The van der Waals surface area contributed by atoms with Gasteiger partial charge in [-0.05, 0) is 18.2 Å². The summed E-state index contributed by atoms with van der Waals surface area (Å²) in [6.45, 7) is 1.80. The molecule has 0 saturated carbocycles. The van der Waals surface area contributed by atoms with Crippen molar-refractivity contribution < 1.29 is 9.18 Å². The van der Waals surface area contributed by atoms with Crippen LogP contribution in [0.5, 0.6) is 0 Å². The topological polar surface area (TPSA) is 50.2 Å². The summed E-state index contributed by atoms with van der Waals surface area (Å²) in [5.41, 5.74) is 0.0792. The molecule has 1 aliphatic heterocycles. The Kier molecular flexibility index (Phi) is 4.26. The van der Waals surface area contributed by atoms with Gasteiger partial charge in [-0.1, -0.05) is 15.9 Å². The summed E-state index contributed by atoms with van der Waals surface area (Å²) < 4.78 is 16.6. The molecule has 7 heteroatoms. The molecule has 22 heavy (non-hydrogen) atoms. The van der Waals surface area contributed by atoms with Gasteiger partial charge < -0.3 is 14.8 Å². The van der Waals surface area contributed by atoms with Crippen molar-refractivity contribution in [1.29, 1.82) is 0 Å². The van der Waals surface area contributed by atoms with E-state index in [9.17, 15) is 9.18 Å². The number of imidazole rings is 1. The molecular weight excluding hydrogens is 351 g/mol. The van der Waals surface area contributed by atoms with Crippen LogP contribution in [0.4, 0.5) is 4.39 Å². The zero-order valence-electron chi connectivity index (χ0n) is 12.1. The van der Waals surface area contributed by atoms with Gasteiger partial charge in [0.2, 0.25) is 0 Å². The summed E-state index contributed by atoms with van der Waals surface area (Å²) in [4.78, 5) is 18.8. The van der Waals surface area contributed by atoms with Crippen molar-refractivity contribution in [3.05, 3.63) is 52.3 Å². The first kappa shape index (κ1) is 15.2. The standard InChI is InChI=1S/C15H16BrFN4O/c1-20-6-5-19-14(20)13-9-18-4-7-21(13)15(22)11-8-10(16)2-3-12(11)17/h2-3,5-6,8,13,18H,4,7,9H2,1H3. The minimum Gasteiger partial charge on any atom is -0.336 e. The van der Waals surface area contributed by atoms with Crippen molar-refractivity contribution in [3.8, 4) is 0 Å². The molecule has 1 aromatic carbocycles. The van der Waals surface area contributed by atoms with E-state index in [0.29, 0.717) is 24.1 Å². The minimum atomic E-state index is -0.509. The summed E-state index contributed by atoms with van der Waals surface area (Å²) in [5, 5.41) is 3.26. The summed E-state index contributed by atoms with van der Waals surface area (Å²) >= 11 is 3.29. The molecule has 2 aromatic rings. The van der Waals surface area contributed by atoms with Crippen molar-refractivity contribution in [3.63, 3.8) is 0 Å². The highest BCUT2D eigenvalue weighted by molar-refractivity contribution is 9.10. The van der Waals surface area contributed by atoms with Crippen LogP contribution in [0.2, 0.25) is 0 Å². The molecular formula is C15H16BrFN4O. The van der Waals surface area contributed by atoms with Gasteiger partial charge in [-0.3, -0.25) is 4.79 Å². The molecule has 5 nitrogen and oxygen atoms in total. The predicted molar refractivity (Wildman–Crippen MR) is 84.0 cm³/mol. The molecule has 1 aromatic heterocycles. The predicted octanol–water partition coefficient (Wildman–Crippen LogP) is 2.11. The van der Waals surface area contributed by atoms with Crippen LogP contribution in [0.1, 0.15) is 22.2 Å². The monoisotopic (exact) mass is 366 g/mol. The Hall–Kier alpha value is -1.73. The third-order valence-corrected chi connectivity index (χ3v) is 4.31. The van der Waals surface area contributed by atoms with Crippen LogP contribution in [0.15, 0.2) is 35.1 Å². The maximum absolute atomic E-state index is 14.0. The van der Waals surface area contributed by atoms with Gasteiger partial charge in [0, 0.05) is 43.5 Å². The van der Waals surface area contributed by atoms with Gasteiger partial charge in [0.15, 0.2) is 0 Å². The van der Waals surface area contributed by atoms with Crippen LogP contribution in [-0.4, -0.2) is 40.0 Å². The number of carbonyl (C=O) groups is 1. The van der Waals surface area contributed by atoms with Crippen molar-refractivity contribution in [2.45, 2.75) is 6.04 Å². The van der Waals surface area contributed by atoms with Gasteiger partial charge >= 0.3 is 0 Å². The molecule has 1 amide bonds. The van der Waals surface area contributed by atoms with Crippen LogP contribution in [0.25, 0.3) is 0 Å². The Morgan fingerprint density at radius 1 is 1.50 bits per heavy atom. The molecule has 1 saturated heterocycles. The molecule has 1 N–H and O–H groups in total. The fourth-order valence-electron chi connectivity index (χ4n) is 2.69. The Morgan fingerprint density at radius 3 is 3.05 bits per heavy atom. The molecule has 1 unspecified atom stereocenters. The second kappa shape index (κ2) is 6.18. The van der Waals surface area contributed by atoms with E-state index in [1.54, 1.807) is 17.2 Å². The highest BCUT2D eigenvalue weighted by Gasteiger charge is 2.32. The van der Waals surface area contributed by atoms with Gasteiger partial charge in [0.1, 0.15) is 17.7 Å². The number of hydrogen-bond acceptors (Lipinski definition) is 3. The molecule has 1 aliphatic rings. The summed E-state index contributed by atoms with van der Waals surface area (Å²) in [5.74, 6) is -0.0328. The van der Waals surface area contributed by atoms with E-state index in [1.165, 1.54) is 12.1 Å². The fraction of sp³-hybridized carbons (Fsp3) is 0.333. The van der Waals surface area contributed by atoms with Gasteiger partial charge in [-0.2, -0.15) is 0 Å². The quantitative estimate of drug-likeness (QED) is 0.885. The van der Waals surface area contributed by atoms with Crippen molar-refractivity contribution in [1.82, 2.24) is 19.8 Å². The van der Waals surface area contributed by atoms with Gasteiger partial charge in [0.05, 0.1) is 5.56 Å². The number of carbonyl (C=O) groups excluding carboxylic acids is 1. The van der Waals surface area contributed by atoms with Gasteiger partial charge in [-0.15, -0.1) is 0 Å². The Bertz CT molecular complexity index is 703. The SMILES string of the molecule is Cn1ccnc1C1CNCCN1C(=O)c1cc(Br)ccc1F. The molecule has 0 bridgehead atoms. The Labute approximate surface area is 136 Å². The number of amides is 1. The number of nitrogens with zero attached hydrogens (tertiary/aromatic N) is 3. The van der Waals surface area contributed by atoms with E-state index < -0.39 is 5.82 Å². The van der Waals surface area contributed by atoms with E-state index in [1.807, 2.05) is 17.8 Å². The molecule has 0 radical (unpaired) electrons. The lowest BCUT2D eigenvalue weighted by Crippen LogP contribution is -2.49. The largest absolute Gasteiger partial charge is 0.336 e. The average Bonchev–Trinajstić information content (AvgIpc) is 2.95. The lowest BCUT2D eigenvalue weighted by Gasteiger charge is -2.35. The number of piperazine rings is 1. The number of hydrogen-bond donors (Lipinski definition) is 1. The van der Waals surface area contributed by atoms with Crippen molar-refractivity contribution in [2.75, 3.05) is 19.6 Å².